The minimum Gasteiger partial charge on any atom is -0.508 e. The van der Waals surface area contributed by atoms with E-state index in [1.54, 1.807) is 23.9 Å². The lowest BCUT2D eigenvalue weighted by molar-refractivity contribution is 0.456. The first kappa shape index (κ1) is 12.8. The zero-order chi connectivity index (χ0) is 13.1. The Kier molecular flexibility index (Phi) is 3.78. The van der Waals surface area contributed by atoms with Crippen molar-refractivity contribution >= 4 is 11.6 Å². The molecule has 1 aromatic heterocycles. The lowest BCUT2D eigenvalue weighted by atomic mass is 10.2. The van der Waals surface area contributed by atoms with Gasteiger partial charge in [0.2, 0.25) is 0 Å². The molecule has 0 radical (unpaired) electrons. The van der Waals surface area contributed by atoms with Crippen LogP contribution in [0.4, 0.5) is 0 Å². The molecular weight excluding hydrogens is 254 g/mol. The van der Waals surface area contributed by atoms with Gasteiger partial charge in [0.25, 0.3) is 0 Å². The van der Waals surface area contributed by atoms with Gasteiger partial charge in [0, 0.05) is 24.2 Å². The molecule has 96 valence electrons. The number of aromatic nitrogens is 4. The van der Waals surface area contributed by atoms with Crippen LogP contribution in [0.5, 0.6) is 5.75 Å². The molecule has 0 aliphatic heterocycles. The van der Waals surface area contributed by atoms with E-state index >= 15 is 0 Å². The molecule has 0 bridgehead atoms. The first-order chi connectivity index (χ1) is 8.58. The van der Waals surface area contributed by atoms with Gasteiger partial charge in [-0.15, -0.1) is 5.10 Å². The highest BCUT2D eigenvalue weighted by molar-refractivity contribution is 6.30. The maximum absolute atomic E-state index is 9.72. The summed E-state index contributed by atoms with van der Waals surface area (Å²) in [6.45, 7) is 2.47. The fourth-order valence-corrected chi connectivity index (χ4v) is 1.81. The number of hydrogen-bond donors (Lipinski definition) is 2. The molecule has 7 heteroatoms. The molecule has 2 rings (SSSR count). The van der Waals surface area contributed by atoms with Crippen LogP contribution in [0, 0.1) is 0 Å². The van der Waals surface area contributed by atoms with E-state index in [1.165, 1.54) is 6.07 Å². The Morgan fingerprint density at radius 3 is 2.89 bits per heavy atom. The molecule has 6 nitrogen and oxygen atoms in total. The van der Waals surface area contributed by atoms with E-state index in [0.29, 0.717) is 11.6 Å². The summed E-state index contributed by atoms with van der Waals surface area (Å²) in [7, 11) is 1.78. The van der Waals surface area contributed by atoms with Crippen LogP contribution in [-0.2, 0) is 13.6 Å². The van der Waals surface area contributed by atoms with Crippen LogP contribution < -0.4 is 5.32 Å². The summed E-state index contributed by atoms with van der Waals surface area (Å²) in [6.07, 6.45) is 0. The van der Waals surface area contributed by atoms with Gasteiger partial charge in [0.1, 0.15) is 5.75 Å². The highest BCUT2D eigenvalue weighted by Crippen LogP contribution is 2.22. The zero-order valence-electron chi connectivity index (χ0n) is 10.1. The SMILES string of the molecule is CC(NCc1ccc(Cl)cc1O)c1nnnn1C. The van der Waals surface area contributed by atoms with Gasteiger partial charge in [-0.2, -0.15) is 0 Å². The fraction of sp³-hybridized carbons (Fsp3) is 0.364. The van der Waals surface area contributed by atoms with Crippen molar-refractivity contribution in [2.24, 2.45) is 7.05 Å². The normalized spacial score (nSPS) is 12.6. The first-order valence-corrected chi connectivity index (χ1v) is 5.88. The van der Waals surface area contributed by atoms with Gasteiger partial charge < -0.3 is 10.4 Å². The molecule has 2 N–H and O–H groups in total. The van der Waals surface area contributed by atoms with Crippen LogP contribution in [0.3, 0.4) is 0 Å². The number of rotatable bonds is 4. The van der Waals surface area contributed by atoms with Crippen molar-refractivity contribution in [3.05, 3.63) is 34.6 Å². The van der Waals surface area contributed by atoms with Crippen LogP contribution >= 0.6 is 11.6 Å². The van der Waals surface area contributed by atoms with Gasteiger partial charge in [-0.05, 0) is 29.5 Å². The summed E-state index contributed by atoms with van der Waals surface area (Å²) < 4.78 is 1.61. The Balaban J connectivity index is 2.01. The Hall–Kier alpha value is -1.66. The lowest BCUT2D eigenvalue weighted by Gasteiger charge is -2.12. The van der Waals surface area contributed by atoms with Gasteiger partial charge in [-0.3, -0.25) is 0 Å². The van der Waals surface area contributed by atoms with E-state index in [-0.39, 0.29) is 11.8 Å². The van der Waals surface area contributed by atoms with Crippen molar-refractivity contribution in [1.82, 2.24) is 25.5 Å². The number of nitrogens with zero attached hydrogens (tertiary/aromatic N) is 4. The van der Waals surface area contributed by atoms with Crippen molar-refractivity contribution in [3.8, 4) is 5.75 Å². The molecule has 0 spiro atoms. The van der Waals surface area contributed by atoms with Crippen LogP contribution in [0.15, 0.2) is 18.2 Å². The number of halogens is 1. The summed E-state index contributed by atoms with van der Waals surface area (Å²) in [5.74, 6) is 0.918. The number of aromatic hydroxyl groups is 1. The summed E-state index contributed by atoms with van der Waals surface area (Å²) >= 11 is 5.77. The average molecular weight is 268 g/mol. The quantitative estimate of drug-likeness (QED) is 0.876. The second-order valence-corrected chi connectivity index (χ2v) is 4.47. The molecule has 18 heavy (non-hydrogen) atoms. The summed E-state index contributed by atoms with van der Waals surface area (Å²) in [4.78, 5) is 0. The number of hydrogen-bond acceptors (Lipinski definition) is 5. The minimum atomic E-state index is -0.0138. The van der Waals surface area contributed by atoms with Crippen molar-refractivity contribution in [2.45, 2.75) is 19.5 Å². The summed E-state index contributed by atoms with van der Waals surface area (Å²) in [5, 5.41) is 24.7. The number of benzene rings is 1. The largest absolute Gasteiger partial charge is 0.508 e. The molecule has 1 unspecified atom stereocenters. The predicted octanol–water partition coefficient (Wildman–Crippen LogP) is 1.42. The topological polar surface area (TPSA) is 75.9 Å². The van der Waals surface area contributed by atoms with Crippen LogP contribution in [0.25, 0.3) is 0 Å². The highest BCUT2D eigenvalue weighted by Gasteiger charge is 2.12. The van der Waals surface area contributed by atoms with Crippen LogP contribution in [0.2, 0.25) is 5.02 Å². The molecule has 2 aromatic rings. The maximum Gasteiger partial charge on any atom is 0.167 e. The van der Waals surface area contributed by atoms with Crippen molar-refractivity contribution < 1.29 is 5.11 Å². The molecule has 0 saturated heterocycles. The second-order valence-electron chi connectivity index (χ2n) is 4.04. The predicted molar refractivity (Wildman–Crippen MR) is 67.2 cm³/mol. The Morgan fingerprint density at radius 2 is 2.28 bits per heavy atom. The van der Waals surface area contributed by atoms with E-state index in [4.69, 9.17) is 11.6 Å². The third-order valence-corrected chi connectivity index (χ3v) is 2.92. The molecule has 1 aromatic carbocycles. The molecule has 0 amide bonds. The zero-order valence-corrected chi connectivity index (χ0v) is 10.9. The van der Waals surface area contributed by atoms with E-state index in [2.05, 4.69) is 20.8 Å². The number of phenolic OH excluding ortho intramolecular Hbond substituents is 1. The Bertz CT molecular complexity index is 542. The molecule has 1 heterocycles. The standard InChI is InChI=1S/C11H14ClN5O/c1-7(11-14-15-16-17(11)2)13-6-8-3-4-9(12)5-10(8)18/h3-5,7,13,18H,6H2,1-2H3. The summed E-state index contributed by atoms with van der Waals surface area (Å²) in [5.41, 5.74) is 0.779. The van der Waals surface area contributed by atoms with E-state index in [0.717, 1.165) is 11.4 Å². The second kappa shape index (κ2) is 5.32. The highest BCUT2D eigenvalue weighted by atomic mass is 35.5. The average Bonchev–Trinajstić information content (AvgIpc) is 2.74. The first-order valence-electron chi connectivity index (χ1n) is 5.51. The maximum atomic E-state index is 9.72. The van der Waals surface area contributed by atoms with Crippen LogP contribution in [0.1, 0.15) is 24.4 Å². The van der Waals surface area contributed by atoms with E-state index in [1.807, 2.05) is 6.92 Å². The van der Waals surface area contributed by atoms with Gasteiger partial charge >= 0.3 is 0 Å². The number of phenols is 1. The third kappa shape index (κ3) is 2.77. The molecule has 0 aliphatic rings. The molecule has 1 atom stereocenters. The molecule has 0 aliphatic carbocycles. The van der Waals surface area contributed by atoms with Crippen molar-refractivity contribution in [3.63, 3.8) is 0 Å². The number of aryl methyl sites for hydroxylation is 1. The van der Waals surface area contributed by atoms with Gasteiger partial charge in [-0.1, -0.05) is 17.7 Å². The van der Waals surface area contributed by atoms with Crippen LogP contribution in [-0.4, -0.2) is 25.3 Å². The molecular formula is C11H14ClN5O. The van der Waals surface area contributed by atoms with E-state index < -0.39 is 0 Å². The van der Waals surface area contributed by atoms with E-state index in [9.17, 15) is 5.11 Å². The fourth-order valence-electron chi connectivity index (χ4n) is 1.64. The van der Waals surface area contributed by atoms with Crippen molar-refractivity contribution in [2.75, 3.05) is 0 Å². The summed E-state index contributed by atoms with van der Waals surface area (Å²) in [6, 6.07) is 5.03. The molecule has 0 fully saturated rings. The smallest absolute Gasteiger partial charge is 0.167 e. The van der Waals surface area contributed by atoms with Gasteiger partial charge in [0.05, 0.1) is 6.04 Å². The number of nitrogens with one attached hydrogen (secondary N) is 1. The molecule has 0 saturated carbocycles. The third-order valence-electron chi connectivity index (χ3n) is 2.69. The monoisotopic (exact) mass is 267 g/mol. The lowest BCUT2D eigenvalue weighted by Crippen LogP contribution is -2.21. The Morgan fingerprint density at radius 1 is 1.50 bits per heavy atom. The minimum absolute atomic E-state index is 0.0138. The van der Waals surface area contributed by atoms with Gasteiger partial charge in [-0.25, -0.2) is 4.68 Å². The number of tetrazole rings is 1. The van der Waals surface area contributed by atoms with Crippen molar-refractivity contribution in [1.29, 1.82) is 0 Å². The van der Waals surface area contributed by atoms with Gasteiger partial charge in [0.15, 0.2) is 5.82 Å². The Labute approximate surface area is 110 Å².